The number of hydrogen-bond acceptors (Lipinski definition) is 3. The van der Waals surface area contributed by atoms with E-state index in [1.54, 1.807) is 23.5 Å². The monoisotopic (exact) mass is 298 g/mol. The molecule has 0 aliphatic carbocycles. The van der Waals surface area contributed by atoms with Crippen LogP contribution in [0.1, 0.15) is 17.1 Å². The van der Waals surface area contributed by atoms with E-state index in [0.717, 1.165) is 35.8 Å². The van der Waals surface area contributed by atoms with Crippen molar-refractivity contribution in [3.8, 4) is 0 Å². The Morgan fingerprint density at radius 2 is 2.26 bits per heavy atom. The molecule has 0 unspecified atom stereocenters. The molecule has 1 aromatic carbocycles. The van der Waals surface area contributed by atoms with Gasteiger partial charge < -0.3 is 4.90 Å². The maximum atomic E-state index is 13.1. The Bertz CT molecular complexity index is 530. The van der Waals surface area contributed by atoms with Crippen LogP contribution < -0.4 is 4.90 Å². The van der Waals surface area contributed by atoms with E-state index in [4.69, 9.17) is 11.6 Å². The highest BCUT2D eigenvalue weighted by Crippen LogP contribution is 2.16. The number of benzene rings is 1. The maximum Gasteiger partial charge on any atom is 0.125 e. The van der Waals surface area contributed by atoms with Crippen LogP contribution in [0.25, 0.3) is 0 Å². The Morgan fingerprint density at radius 3 is 2.95 bits per heavy atom. The highest BCUT2D eigenvalue weighted by molar-refractivity contribution is 7.09. The number of thiazole rings is 1. The molecule has 1 heterocycles. The molecule has 0 radical (unpaired) electrons. The van der Waals surface area contributed by atoms with Crippen LogP contribution >= 0.6 is 22.9 Å². The second kappa shape index (κ2) is 6.87. The highest BCUT2D eigenvalue weighted by Gasteiger charge is 2.04. The van der Waals surface area contributed by atoms with Crippen LogP contribution in [0.4, 0.5) is 10.1 Å². The molecule has 0 bridgehead atoms. The minimum atomic E-state index is -0.198. The van der Waals surface area contributed by atoms with Crippen LogP contribution in [0.2, 0.25) is 0 Å². The third kappa shape index (κ3) is 4.18. The summed E-state index contributed by atoms with van der Waals surface area (Å²) in [7, 11) is 1.97. The first-order chi connectivity index (χ1) is 9.19. The van der Waals surface area contributed by atoms with Crippen molar-refractivity contribution in [2.24, 2.45) is 0 Å². The number of anilines is 1. The zero-order chi connectivity index (χ0) is 13.7. The summed E-state index contributed by atoms with van der Waals surface area (Å²) in [6, 6.07) is 6.66. The minimum absolute atomic E-state index is 0.198. The fraction of sp³-hybridized carbons (Fsp3) is 0.357. The van der Waals surface area contributed by atoms with Gasteiger partial charge in [0.25, 0.3) is 0 Å². The molecule has 0 N–H and O–H groups in total. The summed E-state index contributed by atoms with van der Waals surface area (Å²) in [4.78, 5) is 6.48. The van der Waals surface area contributed by atoms with Crippen molar-refractivity contribution in [2.45, 2.75) is 18.7 Å². The van der Waals surface area contributed by atoms with Gasteiger partial charge in [-0.25, -0.2) is 9.37 Å². The van der Waals surface area contributed by atoms with Crippen molar-refractivity contribution in [2.75, 3.05) is 18.5 Å². The quantitative estimate of drug-likeness (QED) is 0.747. The highest BCUT2D eigenvalue weighted by atomic mass is 35.5. The van der Waals surface area contributed by atoms with Crippen molar-refractivity contribution < 1.29 is 4.39 Å². The van der Waals surface area contributed by atoms with Crippen molar-refractivity contribution in [3.63, 3.8) is 0 Å². The van der Waals surface area contributed by atoms with Gasteiger partial charge in [0, 0.05) is 31.1 Å². The first kappa shape index (κ1) is 14.3. The average molecular weight is 299 g/mol. The molecule has 2 nitrogen and oxygen atoms in total. The molecule has 19 heavy (non-hydrogen) atoms. The first-order valence-corrected chi connectivity index (χ1v) is 7.56. The molecular weight excluding hydrogens is 283 g/mol. The first-order valence-electron chi connectivity index (χ1n) is 6.15. The molecule has 0 saturated heterocycles. The summed E-state index contributed by atoms with van der Waals surface area (Å²) < 4.78 is 13.1. The molecular formula is C14H16ClFN2S. The van der Waals surface area contributed by atoms with Crippen LogP contribution in [0, 0.1) is 5.82 Å². The lowest BCUT2D eigenvalue weighted by atomic mass is 10.2. The van der Waals surface area contributed by atoms with E-state index in [9.17, 15) is 4.39 Å². The average Bonchev–Trinajstić information content (AvgIpc) is 2.86. The van der Waals surface area contributed by atoms with Gasteiger partial charge in [-0.1, -0.05) is 6.07 Å². The Morgan fingerprint density at radius 1 is 1.42 bits per heavy atom. The lowest BCUT2D eigenvalue weighted by Crippen LogP contribution is -2.19. The van der Waals surface area contributed by atoms with Gasteiger partial charge >= 0.3 is 0 Å². The van der Waals surface area contributed by atoms with Crippen molar-refractivity contribution in [1.29, 1.82) is 0 Å². The summed E-state index contributed by atoms with van der Waals surface area (Å²) in [6.07, 6.45) is 1.92. The second-order valence-electron chi connectivity index (χ2n) is 4.37. The molecule has 2 rings (SSSR count). The van der Waals surface area contributed by atoms with Crippen LogP contribution in [0.15, 0.2) is 29.6 Å². The van der Waals surface area contributed by atoms with Crippen LogP contribution in [0.3, 0.4) is 0 Å². The number of halogens is 2. The van der Waals surface area contributed by atoms with E-state index >= 15 is 0 Å². The molecule has 0 spiro atoms. The summed E-state index contributed by atoms with van der Waals surface area (Å²) in [6.45, 7) is 0.874. The molecule has 0 aliphatic heterocycles. The third-order valence-electron chi connectivity index (χ3n) is 2.87. The van der Waals surface area contributed by atoms with Gasteiger partial charge in [0.15, 0.2) is 0 Å². The predicted octanol–water partition coefficient (Wildman–Crippen LogP) is 4.09. The Labute approximate surface area is 121 Å². The number of aromatic nitrogens is 1. The molecule has 0 fully saturated rings. The zero-order valence-corrected chi connectivity index (χ0v) is 12.3. The van der Waals surface area contributed by atoms with E-state index in [1.807, 2.05) is 18.5 Å². The summed E-state index contributed by atoms with van der Waals surface area (Å²) >= 11 is 7.37. The van der Waals surface area contributed by atoms with E-state index in [2.05, 4.69) is 9.88 Å². The molecule has 5 heteroatoms. The van der Waals surface area contributed by atoms with E-state index in [1.165, 1.54) is 6.07 Å². The van der Waals surface area contributed by atoms with Crippen molar-refractivity contribution in [3.05, 3.63) is 46.2 Å². The molecule has 0 aliphatic rings. The standard InChI is InChI=1S/C14H16ClFN2S/c1-18(13-5-2-4-11(16)8-13)7-3-6-14-17-12(9-15)10-19-14/h2,4-5,8,10H,3,6-7,9H2,1H3. The number of nitrogens with zero attached hydrogens (tertiary/aromatic N) is 2. The maximum absolute atomic E-state index is 13.1. The Balaban J connectivity index is 1.82. The van der Waals surface area contributed by atoms with E-state index < -0.39 is 0 Å². The van der Waals surface area contributed by atoms with Gasteiger partial charge in [0.2, 0.25) is 0 Å². The van der Waals surface area contributed by atoms with Gasteiger partial charge in [-0.3, -0.25) is 0 Å². The number of alkyl halides is 1. The van der Waals surface area contributed by atoms with Gasteiger partial charge in [0.05, 0.1) is 16.6 Å². The third-order valence-corrected chi connectivity index (χ3v) is 4.10. The molecule has 0 atom stereocenters. The number of rotatable bonds is 6. The Hall–Kier alpha value is -1.13. The SMILES string of the molecule is CN(CCCc1nc(CCl)cs1)c1cccc(F)c1. The predicted molar refractivity (Wildman–Crippen MR) is 79.7 cm³/mol. The Kier molecular flexibility index (Phi) is 5.16. The zero-order valence-electron chi connectivity index (χ0n) is 10.8. The summed E-state index contributed by atoms with van der Waals surface area (Å²) in [5, 5.41) is 3.11. The lowest BCUT2D eigenvalue weighted by molar-refractivity contribution is 0.627. The topological polar surface area (TPSA) is 16.1 Å². The van der Waals surface area contributed by atoms with Gasteiger partial charge in [-0.15, -0.1) is 22.9 Å². The summed E-state index contributed by atoms with van der Waals surface area (Å²) in [5.41, 5.74) is 1.85. The van der Waals surface area contributed by atoms with Crippen LogP contribution in [-0.4, -0.2) is 18.6 Å². The molecule has 0 saturated carbocycles. The van der Waals surface area contributed by atoms with Gasteiger partial charge in [-0.05, 0) is 24.6 Å². The normalized spacial score (nSPS) is 10.7. The molecule has 2 aromatic rings. The molecule has 1 aromatic heterocycles. The lowest BCUT2D eigenvalue weighted by Gasteiger charge is -2.18. The van der Waals surface area contributed by atoms with E-state index in [0.29, 0.717) is 5.88 Å². The molecule has 102 valence electrons. The van der Waals surface area contributed by atoms with Gasteiger partial charge in [0.1, 0.15) is 5.82 Å². The fourth-order valence-corrected chi connectivity index (χ4v) is 2.90. The van der Waals surface area contributed by atoms with Crippen molar-refractivity contribution in [1.82, 2.24) is 4.98 Å². The second-order valence-corrected chi connectivity index (χ2v) is 5.58. The largest absolute Gasteiger partial charge is 0.375 e. The van der Waals surface area contributed by atoms with Gasteiger partial charge in [-0.2, -0.15) is 0 Å². The van der Waals surface area contributed by atoms with Crippen molar-refractivity contribution >= 4 is 28.6 Å². The number of aryl methyl sites for hydroxylation is 1. The fourth-order valence-electron chi connectivity index (χ4n) is 1.84. The minimum Gasteiger partial charge on any atom is -0.375 e. The summed E-state index contributed by atoms with van der Waals surface area (Å²) in [5.74, 6) is 0.274. The smallest absolute Gasteiger partial charge is 0.125 e. The molecule has 0 amide bonds. The van der Waals surface area contributed by atoms with Crippen LogP contribution in [0.5, 0.6) is 0 Å². The van der Waals surface area contributed by atoms with Crippen LogP contribution in [-0.2, 0) is 12.3 Å². The number of hydrogen-bond donors (Lipinski definition) is 0. The van der Waals surface area contributed by atoms with E-state index in [-0.39, 0.29) is 5.82 Å².